The standard InChI is InChI=1S/C9H13ClN2/c1-2-11-12-7-8-3-5-9(10)6-4-8/h3-6,11-12H,2,7H2,1H3. The number of rotatable bonds is 4. The van der Waals surface area contributed by atoms with Crippen LogP contribution in [0.15, 0.2) is 24.3 Å². The van der Waals surface area contributed by atoms with E-state index in [0.717, 1.165) is 18.1 Å². The molecular formula is C9H13ClN2. The van der Waals surface area contributed by atoms with Gasteiger partial charge in [0, 0.05) is 18.1 Å². The maximum absolute atomic E-state index is 5.74. The van der Waals surface area contributed by atoms with Crippen LogP contribution in [0.5, 0.6) is 0 Å². The molecule has 0 spiro atoms. The summed E-state index contributed by atoms with van der Waals surface area (Å²) in [6.07, 6.45) is 0. The van der Waals surface area contributed by atoms with Crippen LogP contribution in [-0.4, -0.2) is 6.54 Å². The van der Waals surface area contributed by atoms with Crippen LogP contribution in [0.2, 0.25) is 5.02 Å². The van der Waals surface area contributed by atoms with E-state index in [4.69, 9.17) is 11.6 Å². The molecule has 66 valence electrons. The van der Waals surface area contributed by atoms with Gasteiger partial charge in [0.15, 0.2) is 0 Å². The molecular weight excluding hydrogens is 172 g/mol. The van der Waals surface area contributed by atoms with Crippen molar-refractivity contribution < 1.29 is 0 Å². The average molecular weight is 185 g/mol. The molecule has 2 N–H and O–H groups in total. The molecule has 3 heteroatoms. The Morgan fingerprint density at radius 1 is 1.17 bits per heavy atom. The van der Waals surface area contributed by atoms with Crippen LogP contribution in [0, 0.1) is 0 Å². The Balaban J connectivity index is 2.37. The van der Waals surface area contributed by atoms with Crippen molar-refractivity contribution in [3.63, 3.8) is 0 Å². The molecule has 0 radical (unpaired) electrons. The zero-order valence-electron chi connectivity index (χ0n) is 7.10. The van der Waals surface area contributed by atoms with Gasteiger partial charge in [0.2, 0.25) is 0 Å². The number of nitrogens with one attached hydrogen (secondary N) is 2. The Morgan fingerprint density at radius 2 is 1.83 bits per heavy atom. The smallest absolute Gasteiger partial charge is 0.0406 e. The minimum Gasteiger partial charge on any atom is -0.258 e. The lowest BCUT2D eigenvalue weighted by atomic mass is 10.2. The second kappa shape index (κ2) is 5.14. The number of benzene rings is 1. The Kier molecular flexibility index (Phi) is 4.08. The third-order valence-electron chi connectivity index (χ3n) is 1.51. The first-order valence-corrected chi connectivity index (χ1v) is 4.41. The van der Waals surface area contributed by atoms with Gasteiger partial charge in [-0.3, -0.25) is 10.9 Å². The molecule has 0 aliphatic rings. The summed E-state index contributed by atoms with van der Waals surface area (Å²) >= 11 is 5.74. The van der Waals surface area contributed by atoms with Crippen molar-refractivity contribution in [2.24, 2.45) is 0 Å². The molecule has 0 heterocycles. The topological polar surface area (TPSA) is 24.1 Å². The van der Waals surface area contributed by atoms with Crippen molar-refractivity contribution in [3.05, 3.63) is 34.9 Å². The van der Waals surface area contributed by atoms with Gasteiger partial charge in [-0.1, -0.05) is 30.7 Å². The summed E-state index contributed by atoms with van der Waals surface area (Å²) in [6, 6.07) is 7.80. The minimum absolute atomic E-state index is 0.780. The first-order chi connectivity index (χ1) is 5.83. The number of halogens is 1. The van der Waals surface area contributed by atoms with Crippen LogP contribution in [0.25, 0.3) is 0 Å². The molecule has 0 aliphatic heterocycles. The predicted molar refractivity (Wildman–Crippen MR) is 52.0 cm³/mol. The van der Waals surface area contributed by atoms with Gasteiger partial charge in [-0.25, -0.2) is 0 Å². The van der Waals surface area contributed by atoms with Crippen molar-refractivity contribution in [2.75, 3.05) is 6.54 Å². The summed E-state index contributed by atoms with van der Waals surface area (Å²) in [5.41, 5.74) is 7.33. The highest BCUT2D eigenvalue weighted by Crippen LogP contribution is 2.08. The largest absolute Gasteiger partial charge is 0.258 e. The van der Waals surface area contributed by atoms with Crippen LogP contribution in [-0.2, 0) is 6.54 Å². The van der Waals surface area contributed by atoms with Crippen LogP contribution in [0.1, 0.15) is 12.5 Å². The van der Waals surface area contributed by atoms with Gasteiger partial charge in [-0.15, -0.1) is 0 Å². The van der Waals surface area contributed by atoms with Gasteiger partial charge < -0.3 is 0 Å². The molecule has 0 unspecified atom stereocenters. The summed E-state index contributed by atoms with van der Waals surface area (Å²) in [5, 5.41) is 0.780. The van der Waals surface area contributed by atoms with E-state index in [2.05, 4.69) is 17.8 Å². The normalized spacial score (nSPS) is 10.2. The van der Waals surface area contributed by atoms with Gasteiger partial charge in [0.05, 0.1) is 0 Å². The van der Waals surface area contributed by atoms with Gasteiger partial charge in [-0.2, -0.15) is 0 Å². The molecule has 0 fully saturated rings. The van der Waals surface area contributed by atoms with Gasteiger partial charge in [0.25, 0.3) is 0 Å². The lowest BCUT2D eigenvalue weighted by Crippen LogP contribution is -2.30. The summed E-state index contributed by atoms with van der Waals surface area (Å²) in [4.78, 5) is 0. The Morgan fingerprint density at radius 3 is 2.42 bits per heavy atom. The fourth-order valence-corrected chi connectivity index (χ4v) is 1.02. The summed E-state index contributed by atoms with van der Waals surface area (Å²) in [7, 11) is 0. The Hall–Kier alpha value is -0.570. The molecule has 1 rings (SSSR count). The van der Waals surface area contributed by atoms with Crippen LogP contribution in [0.4, 0.5) is 0 Å². The average Bonchev–Trinajstić information content (AvgIpc) is 2.09. The highest BCUT2D eigenvalue weighted by Gasteiger charge is 1.90. The van der Waals surface area contributed by atoms with E-state index in [0.29, 0.717) is 0 Å². The van der Waals surface area contributed by atoms with Crippen molar-refractivity contribution >= 4 is 11.6 Å². The molecule has 0 aromatic heterocycles. The third kappa shape index (κ3) is 3.22. The van der Waals surface area contributed by atoms with Gasteiger partial charge in [0.1, 0.15) is 0 Å². The van der Waals surface area contributed by atoms with Crippen LogP contribution >= 0.6 is 11.6 Å². The molecule has 1 aromatic carbocycles. The molecule has 0 atom stereocenters. The van der Waals surface area contributed by atoms with Crippen molar-refractivity contribution in [3.8, 4) is 0 Å². The lowest BCUT2D eigenvalue weighted by Gasteiger charge is -2.03. The lowest BCUT2D eigenvalue weighted by molar-refractivity contribution is 0.550. The summed E-state index contributed by atoms with van der Waals surface area (Å²) in [6.45, 7) is 3.80. The first-order valence-electron chi connectivity index (χ1n) is 4.03. The van der Waals surface area contributed by atoms with Gasteiger partial charge in [-0.05, 0) is 17.7 Å². The number of hydrogen-bond acceptors (Lipinski definition) is 2. The molecule has 2 nitrogen and oxygen atoms in total. The zero-order chi connectivity index (χ0) is 8.81. The molecule has 0 saturated heterocycles. The van der Waals surface area contributed by atoms with E-state index in [9.17, 15) is 0 Å². The summed E-state index contributed by atoms with van der Waals surface area (Å²) < 4.78 is 0. The molecule has 0 saturated carbocycles. The fourth-order valence-electron chi connectivity index (χ4n) is 0.892. The maximum atomic E-state index is 5.74. The summed E-state index contributed by atoms with van der Waals surface area (Å²) in [5.74, 6) is 0. The molecule has 1 aromatic rings. The van der Waals surface area contributed by atoms with E-state index in [-0.39, 0.29) is 0 Å². The quantitative estimate of drug-likeness (QED) is 0.552. The van der Waals surface area contributed by atoms with Crippen molar-refractivity contribution in [1.29, 1.82) is 0 Å². The van der Waals surface area contributed by atoms with E-state index in [1.165, 1.54) is 5.56 Å². The van der Waals surface area contributed by atoms with E-state index < -0.39 is 0 Å². The number of hydrogen-bond donors (Lipinski definition) is 2. The highest BCUT2D eigenvalue weighted by molar-refractivity contribution is 6.30. The Labute approximate surface area is 77.9 Å². The number of hydrazine groups is 1. The highest BCUT2D eigenvalue weighted by atomic mass is 35.5. The fraction of sp³-hybridized carbons (Fsp3) is 0.333. The second-order valence-corrected chi connectivity index (χ2v) is 2.95. The van der Waals surface area contributed by atoms with E-state index >= 15 is 0 Å². The van der Waals surface area contributed by atoms with Crippen LogP contribution in [0.3, 0.4) is 0 Å². The van der Waals surface area contributed by atoms with Crippen molar-refractivity contribution in [1.82, 2.24) is 10.9 Å². The maximum Gasteiger partial charge on any atom is 0.0406 e. The van der Waals surface area contributed by atoms with Gasteiger partial charge >= 0.3 is 0 Å². The molecule has 0 amide bonds. The Bertz CT molecular complexity index is 220. The van der Waals surface area contributed by atoms with Crippen molar-refractivity contribution in [2.45, 2.75) is 13.5 Å². The molecule has 0 aliphatic carbocycles. The first kappa shape index (κ1) is 9.52. The zero-order valence-corrected chi connectivity index (χ0v) is 7.86. The van der Waals surface area contributed by atoms with Crippen LogP contribution < -0.4 is 10.9 Å². The molecule has 12 heavy (non-hydrogen) atoms. The van der Waals surface area contributed by atoms with E-state index in [1.54, 1.807) is 0 Å². The predicted octanol–water partition coefficient (Wildman–Crippen LogP) is 1.95. The monoisotopic (exact) mass is 184 g/mol. The second-order valence-electron chi connectivity index (χ2n) is 2.51. The minimum atomic E-state index is 0.780. The molecule has 0 bridgehead atoms. The third-order valence-corrected chi connectivity index (χ3v) is 1.76. The van der Waals surface area contributed by atoms with E-state index in [1.807, 2.05) is 24.3 Å². The SMILES string of the molecule is CCNNCc1ccc(Cl)cc1.